The molecule has 1 saturated carbocycles. The van der Waals surface area contributed by atoms with Crippen LogP contribution in [-0.4, -0.2) is 34.3 Å². The third-order valence-corrected chi connectivity index (χ3v) is 3.45. The van der Waals surface area contributed by atoms with E-state index in [4.69, 9.17) is 10.6 Å². The zero-order valence-electron chi connectivity index (χ0n) is 11.1. The first-order valence-electron chi connectivity index (χ1n) is 6.44. The van der Waals surface area contributed by atoms with Gasteiger partial charge in [0.15, 0.2) is 5.82 Å². The zero-order chi connectivity index (χ0) is 13.7. The first-order chi connectivity index (χ1) is 9.21. The first kappa shape index (κ1) is 14.0. The highest BCUT2D eigenvalue weighted by Gasteiger charge is 2.33. The van der Waals surface area contributed by atoms with Crippen molar-refractivity contribution in [2.24, 2.45) is 5.84 Å². The number of nitrogens with zero attached hydrogens (tertiary/aromatic N) is 2. The van der Waals surface area contributed by atoms with Gasteiger partial charge in [-0.25, -0.2) is 15.8 Å². The zero-order valence-corrected chi connectivity index (χ0v) is 11.1. The summed E-state index contributed by atoms with van der Waals surface area (Å²) in [6.45, 7) is 0.415. The number of aromatic nitrogens is 2. The predicted octanol–water partition coefficient (Wildman–Crippen LogP) is 0.626. The maximum Gasteiger partial charge on any atom is 0.158 e. The average molecular weight is 267 g/mol. The van der Waals surface area contributed by atoms with Crippen LogP contribution in [0.4, 0.5) is 11.6 Å². The lowest BCUT2D eigenvalue weighted by Gasteiger charge is -2.28. The van der Waals surface area contributed by atoms with Crippen molar-refractivity contribution in [3.8, 4) is 0 Å². The van der Waals surface area contributed by atoms with E-state index < -0.39 is 0 Å². The molecule has 1 aliphatic rings. The number of nitrogens with two attached hydrogens (primary N) is 1. The van der Waals surface area contributed by atoms with Crippen LogP contribution < -0.4 is 16.6 Å². The van der Waals surface area contributed by atoms with Crippen molar-refractivity contribution in [3.05, 3.63) is 11.9 Å². The Morgan fingerprint density at radius 1 is 1.37 bits per heavy atom. The molecule has 2 rings (SSSR count). The molecule has 0 atom stereocenters. The summed E-state index contributed by atoms with van der Waals surface area (Å²) in [5, 5.41) is 12.9. The fourth-order valence-corrected chi connectivity index (χ4v) is 2.47. The normalized spacial score (nSPS) is 17.4. The Morgan fingerprint density at radius 3 is 2.63 bits per heavy atom. The van der Waals surface area contributed by atoms with Gasteiger partial charge in [0.2, 0.25) is 0 Å². The van der Waals surface area contributed by atoms with Crippen molar-refractivity contribution in [1.82, 2.24) is 9.97 Å². The number of hydrogen-bond acceptors (Lipinski definition) is 7. The highest BCUT2D eigenvalue weighted by Crippen LogP contribution is 2.32. The number of hydrazine groups is 1. The average Bonchev–Trinajstić information content (AvgIpc) is 2.88. The molecule has 19 heavy (non-hydrogen) atoms. The SMILES string of the molecule is COCc1nc(NN)cc(NC2(CO)CCCC2)n1. The third-order valence-electron chi connectivity index (χ3n) is 3.45. The number of nitrogen functional groups attached to an aromatic ring is 1. The van der Waals surface area contributed by atoms with Crippen LogP contribution in [0.15, 0.2) is 6.07 Å². The van der Waals surface area contributed by atoms with Crippen LogP contribution in [0.3, 0.4) is 0 Å². The maximum absolute atomic E-state index is 9.61. The molecule has 0 unspecified atom stereocenters. The summed E-state index contributed by atoms with van der Waals surface area (Å²) in [7, 11) is 1.59. The predicted molar refractivity (Wildman–Crippen MR) is 72.5 cm³/mol. The number of methoxy groups -OCH3 is 1. The van der Waals surface area contributed by atoms with Crippen molar-refractivity contribution in [2.75, 3.05) is 24.5 Å². The molecule has 7 nitrogen and oxygen atoms in total. The van der Waals surface area contributed by atoms with Gasteiger partial charge in [-0.05, 0) is 12.8 Å². The van der Waals surface area contributed by atoms with E-state index in [1.807, 2.05) is 0 Å². The Morgan fingerprint density at radius 2 is 2.05 bits per heavy atom. The van der Waals surface area contributed by atoms with Crippen molar-refractivity contribution < 1.29 is 9.84 Å². The molecule has 0 spiro atoms. The number of nitrogens with one attached hydrogen (secondary N) is 2. The Labute approximate surface area is 112 Å². The van der Waals surface area contributed by atoms with Gasteiger partial charge < -0.3 is 20.6 Å². The first-order valence-corrected chi connectivity index (χ1v) is 6.44. The molecular weight excluding hydrogens is 246 g/mol. The molecule has 1 heterocycles. The molecule has 0 saturated heterocycles. The molecule has 5 N–H and O–H groups in total. The van der Waals surface area contributed by atoms with Crippen molar-refractivity contribution in [3.63, 3.8) is 0 Å². The van der Waals surface area contributed by atoms with E-state index in [1.54, 1.807) is 13.2 Å². The van der Waals surface area contributed by atoms with Crippen LogP contribution in [0.5, 0.6) is 0 Å². The van der Waals surface area contributed by atoms with E-state index in [9.17, 15) is 5.11 Å². The molecular formula is C12H21N5O2. The molecule has 7 heteroatoms. The monoisotopic (exact) mass is 267 g/mol. The van der Waals surface area contributed by atoms with Gasteiger partial charge in [0.25, 0.3) is 0 Å². The van der Waals surface area contributed by atoms with E-state index in [0.29, 0.717) is 24.1 Å². The van der Waals surface area contributed by atoms with Gasteiger partial charge in [0, 0.05) is 13.2 Å². The highest BCUT2D eigenvalue weighted by atomic mass is 16.5. The van der Waals surface area contributed by atoms with E-state index in [2.05, 4.69) is 20.7 Å². The number of ether oxygens (including phenoxy) is 1. The van der Waals surface area contributed by atoms with Crippen molar-refractivity contribution >= 4 is 11.6 Å². The number of hydrogen-bond donors (Lipinski definition) is 4. The molecule has 1 aromatic heterocycles. The van der Waals surface area contributed by atoms with Crippen molar-refractivity contribution in [1.29, 1.82) is 0 Å². The smallest absolute Gasteiger partial charge is 0.158 e. The standard InChI is InChI=1S/C12H21N5O2/c1-19-7-11-14-9(6-10(15-11)17-13)16-12(8-18)4-2-3-5-12/h6,18H,2-5,7-8,13H2,1H3,(H2,14,15,16,17). The molecule has 0 radical (unpaired) electrons. The number of rotatable bonds is 6. The largest absolute Gasteiger partial charge is 0.394 e. The Balaban J connectivity index is 2.20. The summed E-state index contributed by atoms with van der Waals surface area (Å²) in [6.07, 6.45) is 4.12. The fraction of sp³-hybridized carbons (Fsp3) is 0.667. The molecule has 0 aromatic carbocycles. The van der Waals surface area contributed by atoms with E-state index >= 15 is 0 Å². The quantitative estimate of drug-likeness (QED) is 0.442. The van der Waals surface area contributed by atoms with Crippen molar-refractivity contribution in [2.45, 2.75) is 37.8 Å². The third kappa shape index (κ3) is 3.31. The maximum atomic E-state index is 9.61. The number of anilines is 2. The van der Waals surface area contributed by atoms with E-state index in [-0.39, 0.29) is 12.1 Å². The lowest BCUT2D eigenvalue weighted by Crippen LogP contribution is -2.39. The van der Waals surface area contributed by atoms with Gasteiger partial charge in [-0.1, -0.05) is 12.8 Å². The second-order valence-corrected chi connectivity index (χ2v) is 4.90. The Hall–Kier alpha value is -1.44. The number of aliphatic hydroxyl groups excluding tert-OH is 1. The summed E-state index contributed by atoms with van der Waals surface area (Å²) < 4.78 is 5.03. The van der Waals surface area contributed by atoms with Gasteiger partial charge >= 0.3 is 0 Å². The molecule has 0 amide bonds. The van der Waals surface area contributed by atoms with Crippen LogP contribution in [0.1, 0.15) is 31.5 Å². The molecule has 0 aliphatic heterocycles. The van der Waals surface area contributed by atoms with Gasteiger partial charge in [0.05, 0.1) is 12.1 Å². The Kier molecular flexibility index (Phi) is 4.52. The minimum Gasteiger partial charge on any atom is -0.394 e. The van der Waals surface area contributed by atoms with E-state index in [1.165, 1.54) is 0 Å². The number of aliphatic hydroxyl groups is 1. The second kappa shape index (κ2) is 6.14. The second-order valence-electron chi connectivity index (χ2n) is 4.90. The molecule has 0 bridgehead atoms. The summed E-state index contributed by atoms with van der Waals surface area (Å²) in [5.74, 6) is 7.13. The summed E-state index contributed by atoms with van der Waals surface area (Å²) in [4.78, 5) is 8.56. The summed E-state index contributed by atoms with van der Waals surface area (Å²) in [6, 6.07) is 1.73. The Bertz CT molecular complexity index is 421. The van der Waals surface area contributed by atoms with Gasteiger partial charge in [-0.2, -0.15) is 0 Å². The minimum absolute atomic E-state index is 0.0992. The minimum atomic E-state index is -0.273. The fourth-order valence-electron chi connectivity index (χ4n) is 2.47. The lowest BCUT2D eigenvalue weighted by molar-refractivity contribution is 0.178. The molecule has 1 aromatic rings. The topological polar surface area (TPSA) is 105 Å². The van der Waals surface area contributed by atoms with Gasteiger partial charge in [-0.3, -0.25) is 0 Å². The van der Waals surface area contributed by atoms with Crippen LogP contribution in [0.25, 0.3) is 0 Å². The summed E-state index contributed by atoms with van der Waals surface area (Å²) in [5.41, 5.74) is 2.24. The highest BCUT2D eigenvalue weighted by molar-refractivity contribution is 5.48. The van der Waals surface area contributed by atoms with Gasteiger partial charge in [-0.15, -0.1) is 0 Å². The van der Waals surface area contributed by atoms with Crippen LogP contribution in [0.2, 0.25) is 0 Å². The van der Waals surface area contributed by atoms with Gasteiger partial charge in [0.1, 0.15) is 18.2 Å². The lowest BCUT2D eigenvalue weighted by atomic mass is 9.99. The molecule has 1 fully saturated rings. The van der Waals surface area contributed by atoms with Crippen LogP contribution in [0, 0.1) is 0 Å². The molecule has 106 valence electrons. The molecule has 1 aliphatic carbocycles. The summed E-state index contributed by atoms with van der Waals surface area (Å²) >= 11 is 0. The van der Waals surface area contributed by atoms with E-state index in [0.717, 1.165) is 25.7 Å². The van der Waals surface area contributed by atoms with Crippen LogP contribution >= 0.6 is 0 Å². The van der Waals surface area contributed by atoms with Crippen LogP contribution in [-0.2, 0) is 11.3 Å².